The molecule has 1 fully saturated rings. The van der Waals surface area contributed by atoms with Gasteiger partial charge in [-0.25, -0.2) is 4.98 Å². The Balaban J connectivity index is 1.87. The minimum Gasteiger partial charge on any atom is -0.382 e. The number of rotatable bonds is 3. The number of pyridine rings is 1. The standard InChI is InChI=1S/C10H13BrN2O/c1-14-9-4-8(5-9)13-7-2-3-12-10(11)6-7/h2-3,6,8-9H,4-5H2,1H3,(H,12,13). The van der Waals surface area contributed by atoms with Crippen LogP contribution in [0.1, 0.15) is 12.8 Å². The van der Waals surface area contributed by atoms with E-state index in [4.69, 9.17) is 4.74 Å². The Morgan fingerprint density at radius 1 is 1.57 bits per heavy atom. The van der Waals surface area contributed by atoms with Gasteiger partial charge in [0.2, 0.25) is 0 Å². The van der Waals surface area contributed by atoms with Crippen LogP contribution in [0.15, 0.2) is 22.9 Å². The van der Waals surface area contributed by atoms with E-state index < -0.39 is 0 Å². The van der Waals surface area contributed by atoms with E-state index in [1.165, 1.54) is 0 Å². The zero-order chi connectivity index (χ0) is 9.97. The summed E-state index contributed by atoms with van der Waals surface area (Å²) < 4.78 is 6.08. The van der Waals surface area contributed by atoms with Crippen LogP contribution < -0.4 is 5.32 Å². The summed E-state index contributed by atoms with van der Waals surface area (Å²) in [6, 6.07) is 4.51. The molecule has 1 N–H and O–H groups in total. The summed E-state index contributed by atoms with van der Waals surface area (Å²) >= 11 is 3.34. The maximum absolute atomic E-state index is 5.22. The van der Waals surface area contributed by atoms with Crippen LogP contribution in [0, 0.1) is 0 Å². The van der Waals surface area contributed by atoms with E-state index >= 15 is 0 Å². The lowest BCUT2D eigenvalue weighted by Gasteiger charge is -2.35. The molecular weight excluding hydrogens is 244 g/mol. The lowest BCUT2D eigenvalue weighted by molar-refractivity contribution is 0.0329. The van der Waals surface area contributed by atoms with Crippen LogP contribution in [0.5, 0.6) is 0 Å². The van der Waals surface area contributed by atoms with Crippen molar-refractivity contribution in [2.45, 2.75) is 25.0 Å². The fourth-order valence-electron chi connectivity index (χ4n) is 1.60. The van der Waals surface area contributed by atoms with Crippen LogP contribution in [-0.2, 0) is 4.74 Å². The molecular formula is C10H13BrN2O. The molecule has 0 radical (unpaired) electrons. The molecule has 1 aliphatic rings. The predicted molar refractivity (Wildman–Crippen MR) is 59.4 cm³/mol. The Labute approximate surface area is 92.0 Å². The van der Waals surface area contributed by atoms with Gasteiger partial charge in [0.05, 0.1) is 6.10 Å². The molecule has 2 rings (SSSR count). The van der Waals surface area contributed by atoms with Crippen molar-refractivity contribution in [1.29, 1.82) is 0 Å². The van der Waals surface area contributed by atoms with Crippen LogP contribution in [-0.4, -0.2) is 24.2 Å². The van der Waals surface area contributed by atoms with Gasteiger partial charge in [-0.2, -0.15) is 0 Å². The highest BCUT2D eigenvalue weighted by atomic mass is 79.9. The first kappa shape index (κ1) is 9.93. The lowest BCUT2D eigenvalue weighted by atomic mass is 9.89. The van der Waals surface area contributed by atoms with Gasteiger partial charge in [-0.05, 0) is 40.9 Å². The fraction of sp³-hybridized carbons (Fsp3) is 0.500. The summed E-state index contributed by atoms with van der Waals surface area (Å²) in [5, 5.41) is 3.43. The highest BCUT2D eigenvalue weighted by Crippen LogP contribution is 2.26. The maximum atomic E-state index is 5.22. The highest BCUT2D eigenvalue weighted by molar-refractivity contribution is 9.10. The third kappa shape index (κ3) is 2.25. The largest absolute Gasteiger partial charge is 0.382 e. The molecule has 0 spiro atoms. The van der Waals surface area contributed by atoms with Crippen molar-refractivity contribution in [2.75, 3.05) is 12.4 Å². The van der Waals surface area contributed by atoms with E-state index in [2.05, 4.69) is 26.2 Å². The number of ether oxygens (including phenoxy) is 1. The third-order valence-electron chi connectivity index (χ3n) is 2.53. The van der Waals surface area contributed by atoms with Gasteiger partial charge in [0.25, 0.3) is 0 Å². The molecule has 1 aromatic heterocycles. The number of hydrogen-bond acceptors (Lipinski definition) is 3. The van der Waals surface area contributed by atoms with Crippen molar-refractivity contribution in [2.24, 2.45) is 0 Å². The smallest absolute Gasteiger partial charge is 0.108 e. The van der Waals surface area contributed by atoms with Gasteiger partial charge in [0.1, 0.15) is 4.60 Å². The quantitative estimate of drug-likeness (QED) is 0.844. The Morgan fingerprint density at radius 3 is 3.00 bits per heavy atom. The molecule has 0 aromatic carbocycles. The number of aromatic nitrogens is 1. The Morgan fingerprint density at radius 2 is 2.36 bits per heavy atom. The summed E-state index contributed by atoms with van der Waals surface area (Å²) in [4.78, 5) is 4.07. The van der Waals surface area contributed by atoms with E-state index in [1.807, 2.05) is 12.1 Å². The van der Waals surface area contributed by atoms with Crippen LogP contribution in [0.4, 0.5) is 5.69 Å². The average molecular weight is 257 g/mol. The molecule has 1 heterocycles. The molecule has 4 heteroatoms. The predicted octanol–water partition coefficient (Wildman–Crippen LogP) is 2.43. The molecule has 0 atom stereocenters. The molecule has 76 valence electrons. The number of anilines is 1. The Hall–Kier alpha value is -0.610. The molecule has 0 amide bonds. The first-order chi connectivity index (χ1) is 6.78. The van der Waals surface area contributed by atoms with Crippen molar-refractivity contribution < 1.29 is 4.74 Å². The summed E-state index contributed by atoms with van der Waals surface area (Å²) in [5.74, 6) is 0. The third-order valence-corrected chi connectivity index (χ3v) is 2.96. The number of methoxy groups -OCH3 is 1. The summed E-state index contributed by atoms with van der Waals surface area (Å²) in [7, 11) is 1.77. The van der Waals surface area contributed by atoms with E-state index in [9.17, 15) is 0 Å². The minimum absolute atomic E-state index is 0.442. The molecule has 1 saturated carbocycles. The fourth-order valence-corrected chi connectivity index (χ4v) is 1.97. The van der Waals surface area contributed by atoms with Gasteiger partial charge in [-0.15, -0.1) is 0 Å². The summed E-state index contributed by atoms with van der Waals surface area (Å²) in [5.41, 5.74) is 1.12. The maximum Gasteiger partial charge on any atom is 0.108 e. The van der Waals surface area contributed by atoms with Crippen molar-refractivity contribution >= 4 is 21.6 Å². The van der Waals surface area contributed by atoms with Gasteiger partial charge < -0.3 is 10.1 Å². The van der Waals surface area contributed by atoms with Crippen molar-refractivity contribution in [3.05, 3.63) is 22.9 Å². The Bertz CT molecular complexity index is 313. The molecule has 0 saturated heterocycles. The van der Waals surface area contributed by atoms with Gasteiger partial charge in [-0.1, -0.05) is 0 Å². The summed E-state index contributed by atoms with van der Waals surface area (Å²) in [6.45, 7) is 0. The zero-order valence-corrected chi connectivity index (χ0v) is 9.62. The second-order valence-corrected chi connectivity index (χ2v) is 4.35. The summed E-state index contributed by atoms with van der Waals surface area (Å²) in [6.07, 6.45) is 4.42. The molecule has 1 aromatic rings. The first-order valence-corrected chi connectivity index (χ1v) is 5.48. The van der Waals surface area contributed by atoms with Crippen LogP contribution in [0.3, 0.4) is 0 Å². The molecule has 0 bridgehead atoms. The van der Waals surface area contributed by atoms with Crippen molar-refractivity contribution in [1.82, 2.24) is 4.98 Å². The Kier molecular flexibility index (Phi) is 3.03. The average Bonchev–Trinajstić information content (AvgIpc) is 2.10. The normalized spacial score (nSPS) is 25.6. The van der Waals surface area contributed by atoms with Crippen LogP contribution in [0.2, 0.25) is 0 Å². The van der Waals surface area contributed by atoms with Gasteiger partial charge in [0.15, 0.2) is 0 Å². The lowest BCUT2D eigenvalue weighted by Crippen LogP contribution is -2.40. The monoisotopic (exact) mass is 256 g/mol. The van der Waals surface area contributed by atoms with E-state index in [1.54, 1.807) is 13.3 Å². The van der Waals surface area contributed by atoms with E-state index in [-0.39, 0.29) is 0 Å². The van der Waals surface area contributed by atoms with Gasteiger partial charge in [-0.3, -0.25) is 0 Å². The second-order valence-electron chi connectivity index (χ2n) is 3.54. The second kappa shape index (κ2) is 4.28. The number of nitrogens with zero attached hydrogens (tertiary/aromatic N) is 1. The minimum atomic E-state index is 0.442. The highest BCUT2D eigenvalue weighted by Gasteiger charge is 2.28. The topological polar surface area (TPSA) is 34.1 Å². The number of hydrogen-bond donors (Lipinski definition) is 1. The van der Waals surface area contributed by atoms with Crippen molar-refractivity contribution in [3.8, 4) is 0 Å². The van der Waals surface area contributed by atoms with Crippen LogP contribution >= 0.6 is 15.9 Å². The van der Waals surface area contributed by atoms with Gasteiger partial charge >= 0.3 is 0 Å². The number of halogens is 1. The molecule has 3 nitrogen and oxygen atoms in total. The van der Waals surface area contributed by atoms with E-state index in [0.717, 1.165) is 23.1 Å². The molecule has 1 aliphatic carbocycles. The van der Waals surface area contributed by atoms with Crippen molar-refractivity contribution in [3.63, 3.8) is 0 Å². The molecule has 14 heavy (non-hydrogen) atoms. The number of nitrogens with one attached hydrogen (secondary N) is 1. The zero-order valence-electron chi connectivity index (χ0n) is 8.03. The SMILES string of the molecule is COC1CC(Nc2ccnc(Br)c2)C1. The van der Waals surface area contributed by atoms with Crippen LogP contribution in [0.25, 0.3) is 0 Å². The van der Waals surface area contributed by atoms with Gasteiger partial charge in [0, 0.05) is 25.0 Å². The van der Waals surface area contributed by atoms with E-state index in [0.29, 0.717) is 12.1 Å². The first-order valence-electron chi connectivity index (χ1n) is 4.69. The molecule has 0 aliphatic heterocycles. The molecule has 0 unspecified atom stereocenters.